The highest BCUT2D eigenvalue weighted by Gasteiger charge is 2.19. The molecule has 80 valence electrons. The first-order valence-corrected chi connectivity index (χ1v) is 4.95. The lowest BCUT2D eigenvalue weighted by Crippen LogP contribution is -2.30. The van der Waals surface area contributed by atoms with Gasteiger partial charge in [0.2, 0.25) is 0 Å². The minimum Gasteiger partial charge on any atom is -0.381 e. The van der Waals surface area contributed by atoms with Crippen LogP contribution in [-0.2, 0) is 11.3 Å². The van der Waals surface area contributed by atoms with Crippen molar-refractivity contribution in [1.29, 1.82) is 0 Å². The quantitative estimate of drug-likeness (QED) is 0.839. The van der Waals surface area contributed by atoms with Gasteiger partial charge in [-0.15, -0.1) is 0 Å². The summed E-state index contributed by atoms with van der Waals surface area (Å²) in [7, 11) is 0. The minimum atomic E-state index is -0.253. The van der Waals surface area contributed by atoms with Gasteiger partial charge >= 0.3 is 0 Å². The Balaban J connectivity index is 2.68. The van der Waals surface area contributed by atoms with Crippen molar-refractivity contribution in [2.45, 2.75) is 32.9 Å². The predicted octanol–water partition coefficient (Wildman–Crippen LogP) is 1.93. The minimum absolute atomic E-state index is 0.253. The summed E-state index contributed by atoms with van der Waals surface area (Å²) in [6.07, 6.45) is 1.71. The van der Waals surface area contributed by atoms with Gasteiger partial charge in [0, 0.05) is 12.8 Å². The van der Waals surface area contributed by atoms with Crippen LogP contribution in [0, 0.1) is 0 Å². The van der Waals surface area contributed by atoms with Crippen molar-refractivity contribution in [2.75, 3.05) is 12.3 Å². The summed E-state index contributed by atoms with van der Waals surface area (Å²) < 4.78 is 7.24. The van der Waals surface area contributed by atoms with E-state index in [2.05, 4.69) is 5.10 Å². The van der Waals surface area contributed by atoms with E-state index in [1.807, 2.05) is 20.8 Å². The Kier molecular flexibility index (Phi) is 3.39. The highest BCUT2D eigenvalue weighted by molar-refractivity contribution is 6.32. The molecule has 0 radical (unpaired) electrons. The summed E-state index contributed by atoms with van der Waals surface area (Å²) in [5, 5.41) is 4.54. The van der Waals surface area contributed by atoms with Crippen molar-refractivity contribution in [3.05, 3.63) is 11.2 Å². The molecule has 5 heteroatoms. The van der Waals surface area contributed by atoms with Crippen molar-refractivity contribution >= 4 is 17.4 Å². The fourth-order valence-electron chi connectivity index (χ4n) is 1.32. The van der Waals surface area contributed by atoms with Crippen LogP contribution in [0.5, 0.6) is 0 Å². The lowest BCUT2D eigenvalue weighted by molar-refractivity contribution is -0.0246. The molecule has 1 rings (SSSR count). The third-order valence-electron chi connectivity index (χ3n) is 1.82. The van der Waals surface area contributed by atoms with Gasteiger partial charge in [0.1, 0.15) is 5.02 Å². The number of nitrogen functional groups attached to an aromatic ring is 1. The van der Waals surface area contributed by atoms with E-state index in [4.69, 9.17) is 22.1 Å². The third-order valence-corrected chi connectivity index (χ3v) is 2.11. The monoisotopic (exact) mass is 217 g/mol. The number of nitrogens with zero attached hydrogens (tertiary/aromatic N) is 2. The van der Waals surface area contributed by atoms with E-state index in [1.165, 1.54) is 0 Å². The van der Waals surface area contributed by atoms with Crippen molar-refractivity contribution in [3.8, 4) is 0 Å². The summed E-state index contributed by atoms with van der Waals surface area (Å²) in [6, 6.07) is 0. The highest BCUT2D eigenvalue weighted by atomic mass is 35.5. The fourth-order valence-corrected chi connectivity index (χ4v) is 1.47. The van der Waals surface area contributed by atoms with Gasteiger partial charge in [0.15, 0.2) is 5.82 Å². The number of halogens is 1. The third kappa shape index (κ3) is 2.89. The molecule has 0 amide bonds. The Bertz CT molecular complexity index is 290. The SMILES string of the molecule is CCOC(C)(C)Cn1cc(Cl)c(N)n1. The van der Waals surface area contributed by atoms with Gasteiger partial charge in [0.25, 0.3) is 0 Å². The molecule has 4 nitrogen and oxygen atoms in total. The molecule has 0 unspecified atom stereocenters. The van der Waals surface area contributed by atoms with Crippen LogP contribution in [0.2, 0.25) is 5.02 Å². The first kappa shape index (κ1) is 11.3. The van der Waals surface area contributed by atoms with E-state index in [0.717, 1.165) is 0 Å². The summed E-state index contributed by atoms with van der Waals surface area (Å²) in [5.74, 6) is 0.360. The number of rotatable bonds is 4. The van der Waals surface area contributed by atoms with Crippen LogP contribution < -0.4 is 5.73 Å². The standard InChI is InChI=1S/C9H16ClN3O/c1-4-14-9(2,3)6-13-5-7(10)8(11)12-13/h5H,4,6H2,1-3H3,(H2,11,12). The molecule has 0 atom stereocenters. The summed E-state index contributed by atoms with van der Waals surface area (Å²) in [5.41, 5.74) is 5.28. The van der Waals surface area contributed by atoms with Crippen LogP contribution in [0.15, 0.2) is 6.20 Å². The highest BCUT2D eigenvalue weighted by Crippen LogP contribution is 2.18. The second kappa shape index (κ2) is 4.19. The Labute approximate surface area is 89.0 Å². The summed E-state index contributed by atoms with van der Waals surface area (Å²) in [6.45, 7) is 7.28. The number of hydrogen-bond acceptors (Lipinski definition) is 3. The molecule has 14 heavy (non-hydrogen) atoms. The lowest BCUT2D eigenvalue weighted by Gasteiger charge is -2.24. The molecule has 0 fully saturated rings. The van der Waals surface area contributed by atoms with Crippen molar-refractivity contribution in [1.82, 2.24) is 9.78 Å². The molecule has 1 heterocycles. The van der Waals surface area contributed by atoms with Gasteiger partial charge < -0.3 is 10.5 Å². The van der Waals surface area contributed by atoms with Crippen LogP contribution >= 0.6 is 11.6 Å². The van der Waals surface area contributed by atoms with Crippen molar-refractivity contribution < 1.29 is 4.74 Å². The maximum atomic E-state index is 5.79. The van der Waals surface area contributed by atoms with Gasteiger partial charge in [-0.05, 0) is 20.8 Å². The van der Waals surface area contributed by atoms with E-state index in [-0.39, 0.29) is 5.60 Å². The van der Waals surface area contributed by atoms with Crippen LogP contribution in [0.25, 0.3) is 0 Å². The van der Waals surface area contributed by atoms with Crippen molar-refractivity contribution in [2.24, 2.45) is 0 Å². The average molecular weight is 218 g/mol. The zero-order valence-electron chi connectivity index (χ0n) is 8.75. The van der Waals surface area contributed by atoms with E-state index in [0.29, 0.717) is 24.0 Å². The normalized spacial score (nSPS) is 12.0. The maximum absolute atomic E-state index is 5.79. The van der Waals surface area contributed by atoms with E-state index in [9.17, 15) is 0 Å². The molecule has 0 saturated carbocycles. The first-order valence-electron chi connectivity index (χ1n) is 4.57. The largest absolute Gasteiger partial charge is 0.381 e. The molecular formula is C9H16ClN3O. The van der Waals surface area contributed by atoms with Crippen LogP contribution in [0.1, 0.15) is 20.8 Å². The predicted molar refractivity (Wildman–Crippen MR) is 57.4 cm³/mol. The van der Waals surface area contributed by atoms with Crippen LogP contribution in [0.4, 0.5) is 5.82 Å². The Morgan fingerprint density at radius 3 is 2.71 bits per heavy atom. The van der Waals surface area contributed by atoms with Crippen LogP contribution in [-0.4, -0.2) is 22.0 Å². The molecule has 0 aliphatic rings. The first-order chi connectivity index (χ1) is 6.44. The summed E-state index contributed by atoms with van der Waals surface area (Å²) in [4.78, 5) is 0. The zero-order valence-corrected chi connectivity index (χ0v) is 9.51. The lowest BCUT2D eigenvalue weighted by atomic mass is 10.1. The van der Waals surface area contributed by atoms with Crippen LogP contribution in [0.3, 0.4) is 0 Å². The Hall–Kier alpha value is -0.740. The Morgan fingerprint density at radius 1 is 1.64 bits per heavy atom. The number of ether oxygens (including phenoxy) is 1. The molecule has 0 aromatic carbocycles. The van der Waals surface area contributed by atoms with Gasteiger partial charge in [-0.25, -0.2) is 0 Å². The van der Waals surface area contributed by atoms with Crippen molar-refractivity contribution in [3.63, 3.8) is 0 Å². The molecule has 0 aliphatic carbocycles. The molecule has 0 aliphatic heterocycles. The molecule has 1 aromatic rings. The fraction of sp³-hybridized carbons (Fsp3) is 0.667. The number of hydrogen-bond donors (Lipinski definition) is 1. The molecular weight excluding hydrogens is 202 g/mol. The molecule has 0 bridgehead atoms. The van der Waals surface area contributed by atoms with Gasteiger partial charge in [-0.3, -0.25) is 4.68 Å². The van der Waals surface area contributed by atoms with Gasteiger partial charge in [-0.2, -0.15) is 5.10 Å². The zero-order chi connectivity index (χ0) is 10.8. The smallest absolute Gasteiger partial charge is 0.164 e. The van der Waals surface area contributed by atoms with E-state index >= 15 is 0 Å². The number of aromatic nitrogens is 2. The topological polar surface area (TPSA) is 53.1 Å². The van der Waals surface area contributed by atoms with Gasteiger partial charge in [-0.1, -0.05) is 11.6 Å². The maximum Gasteiger partial charge on any atom is 0.164 e. The number of nitrogens with two attached hydrogens (primary N) is 1. The molecule has 1 aromatic heterocycles. The van der Waals surface area contributed by atoms with E-state index < -0.39 is 0 Å². The number of anilines is 1. The Morgan fingerprint density at radius 2 is 2.29 bits per heavy atom. The molecule has 0 saturated heterocycles. The second-order valence-corrected chi connectivity index (χ2v) is 4.16. The molecule has 0 spiro atoms. The van der Waals surface area contributed by atoms with E-state index in [1.54, 1.807) is 10.9 Å². The summed E-state index contributed by atoms with van der Waals surface area (Å²) >= 11 is 5.79. The average Bonchev–Trinajstić information content (AvgIpc) is 2.29. The second-order valence-electron chi connectivity index (χ2n) is 3.75. The molecule has 2 N–H and O–H groups in total. The van der Waals surface area contributed by atoms with Gasteiger partial charge in [0.05, 0.1) is 12.1 Å².